The van der Waals surface area contributed by atoms with Gasteiger partial charge in [0.15, 0.2) is 0 Å². The van der Waals surface area contributed by atoms with E-state index in [1.165, 1.54) is 12.5 Å². The quantitative estimate of drug-likeness (QED) is 0.444. The second kappa shape index (κ2) is 11.5. The van der Waals surface area contributed by atoms with Gasteiger partial charge in [0, 0.05) is 32.2 Å². The molecule has 3 heterocycles. The highest BCUT2D eigenvalue weighted by Gasteiger charge is 2.43. The van der Waals surface area contributed by atoms with Crippen LogP contribution in [0.1, 0.15) is 51.5 Å². The molecule has 3 aliphatic rings. The lowest BCUT2D eigenvalue weighted by atomic mass is 9.90. The van der Waals surface area contributed by atoms with Crippen molar-refractivity contribution < 1.29 is 13.9 Å². The Morgan fingerprint density at radius 3 is 2.49 bits per heavy atom. The van der Waals surface area contributed by atoms with E-state index in [0.717, 1.165) is 69.6 Å². The number of rotatable bonds is 8. The lowest BCUT2D eigenvalue weighted by Crippen LogP contribution is -2.43. The van der Waals surface area contributed by atoms with Gasteiger partial charge in [-0.05, 0) is 73.3 Å². The van der Waals surface area contributed by atoms with Crippen LogP contribution in [0.15, 0.2) is 30.6 Å². The minimum absolute atomic E-state index is 0.0114. The molecule has 2 aliphatic heterocycles. The normalized spacial score (nSPS) is 26.3. The molecule has 2 saturated heterocycles. The molecule has 4 atom stereocenters. The minimum atomic E-state index is -0.357. The molecule has 4 unspecified atom stereocenters. The summed E-state index contributed by atoms with van der Waals surface area (Å²) in [6, 6.07) is 4.94. The van der Waals surface area contributed by atoms with Crippen molar-refractivity contribution in [1.82, 2.24) is 14.9 Å². The Balaban J connectivity index is 1.02. The van der Waals surface area contributed by atoms with E-state index in [-0.39, 0.29) is 18.1 Å². The van der Waals surface area contributed by atoms with Crippen LogP contribution in [0.5, 0.6) is 5.75 Å². The van der Waals surface area contributed by atoms with Crippen molar-refractivity contribution in [2.75, 3.05) is 37.7 Å². The van der Waals surface area contributed by atoms with E-state index in [1.54, 1.807) is 24.5 Å². The van der Waals surface area contributed by atoms with Gasteiger partial charge in [0.1, 0.15) is 11.6 Å². The van der Waals surface area contributed by atoms with E-state index in [9.17, 15) is 9.18 Å². The number of amides is 1. The molecular formula is C29H38ClFN4O2. The van der Waals surface area contributed by atoms with Crippen LogP contribution in [-0.2, 0) is 11.2 Å². The van der Waals surface area contributed by atoms with Gasteiger partial charge in [-0.15, -0.1) is 0 Å². The summed E-state index contributed by atoms with van der Waals surface area (Å²) < 4.78 is 20.6. The summed E-state index contributed by atoms with van der Waals surface area (Å²) in [6.07, 6.45) is 9.14. The third-order valence-electron chi connectivity index (χ3n) is 8.36. The van der Waals surface area contributed by atoms with Crippen LogP contribution in [0.25, 0.3) is 0 Å². The summed E-state index contributed by atoms with van der Waals surface area (Å²) in [5, 5.41) is 0.563. The van der Waals surface area contributed by atoms with Gasteiger partial charge < -0.3 is 14.5 Å². The first kappa shape index (κ1) is 26.2. The maximum Gasteiger partial charge on any atom is 0.227 e. The molecule has 2 aromatic rings. The average molecular weight is 529 g/mol. The minimum Gasteiger partial charge on any atom is -0.493 e. The van der Waals surface area contributed by atoms with Gasteiger partial charge in [-0.3, -0.25) is 4.79 Å². The van der Waals surface area contributed by atoms with E-state index in [4.69, 9.17) is 16.3 Å². The predicted molar refractivity (Wildman–Crippen MR) is 143 cm³/mol. The molecule has 0 bridgehead atoms. The average Bonchev–Trinajstić information content (AvgIpc) is 3.65. The number of halogens is 2. The lowest BCUT2D eigenvalue weighted by Gasteiger charge is -2.35. The number of anilines is 1. The number of piperidine rings is 2. The first-order chi connectivity index (χ1) is 17.9. The van der Waals surface area contributed by atoms with E-state index < -0.39 is 0 Å². The van der Waals surface area contributed by atoms with Crippen molar-refractivity contribution in [3.8, 4) is 5.75 Å². The topological polar surface area (TPSA) is 58.6 Å². The smallest absolute Gasteiger partial charge is 0.227 e. The zero-order chi connectivity index (χ0) is 25.9. The van der Waals surface area contributed by atoms with Crippen molar-refractivity contribution in [3.63, 3.8) is 0 Å². The third kappa shape index (κ3) is 6.73. The molecule has 0 radical (unpaired) electrons. The maximum atomic E-state index is 14.7. The van der Waals surface area contributed by atoms with Crippen LogP contribution in [0.3, 0.4) is 0 Å². The molecule has 5 rings (SSSR count). The Bertz CT molecular complexity index is 1070. The maximum absolute atomic E-state index is 14.7. The summed E-state index contributed by atoms with van der Waals surface area (Å²) >= 11 is 5.90. The molecule has 1 amide bonds. The molecule has 6 nitrogen and oxygen atoms in total. The van der Waals surface area contributed by atoms with E-state index in [1.807, 2.05) is 4.90 Å². The predicted octanol–water partition coefficient (Wildman–Crippen LogP) is 5.64. The lowest BCUT2D eigenvalue weighted by molar-refractivity contribution is -0.133. The number of aromatic nitrogens is 2. The SMILES string of the molecule is CC1CC(C)CN(C(=O)Cc2ccc(OCCC3CC3C3CCN(c4ncc(Cl)cn4)CC3)cc2F)C1. The number of nitrogens with zero attached hydrogens (tertiary/aromatic N) is 4. The Morgan fingerprint density at radius 1 is 1.11 bits per heavy atom. The first-order valence-electron chi connectivity index (χ1n) is 13.8. The molecule has 3 fully saturated rings. The number of hydrogen-bond acceptors (Lipinski definition) is 5. The number of likely N-dealkylation sites (tertiary alicyclic amines) is 1. The summed E-state index contributed by atoms with van der Waals surface area (Å²) in [6.45, 7) is 8.45. The molecule has 1 aliphatic carbocycles. The molecule has 1 aromatic carbocycles. The first-order valence-corrected chi connectivity index (χ1v) is 14.1. The molecule has 0 N–H and O–H groups in total. The highest BCUT2D eigenvalue weighted by Crippen LogP contribution is 2.49. The van der Waals surface area contributed by atoms with Crippen LogP contribution in [-0.4, -0.2) is 53.6 Å². The molecule has 8 heteroatoms. The Morgan fingerprint density at radius 2 is 1.81 bits per heavy atom. The Labute approximate surface area is 224 Å². The van der Waals surface area contributed by atoms with E-state index in [2.05, 4.69) is 28.7 Å². The second-order valence-electron chi connectivity index (χ2n) is 11.5. The van der Waals surface area contributed by atoms with Gasteiger partial charge in [-0.25, -0.2) is 14.4 Å². The van der Waals surface area contributed by atoms with Crippen LogP contribution in [0.4, 0.5) is 10.3 Å². The van der Waals surface area contributed by atoms with Crippen molar-refractivity contribution in [2.45, 2.75) is 52.4 Å². The highest BCUT2D eigenvalue weighted by atomic mass is 35.5. The van der Waals surface area contributed by atoms with Gasteiger partial charge in [0.25, 0.3) is 0 Å². The summed E-state index contributed by atoms with van der Waals surface area (Å²) in [7, 11) is 0. The molecule has 37 heavy (non-hydrogen) atoms. The fourth-order valence-electron chi connectivity index (χ4n) is 6.41. The molecule has 0 spiro atoms. The van der Waals surface area contributed by atoms with Crippen LogP contribution in [0, 0.1) is 35.4 Å². The fourth-order valence-corrected chi connectivity index (χ4v) is 6.50. The summed E-state index contributed by atoms with van der Waals surface area (Å²) in [5.74, 6) is 4.16. The van der Waals surface area contributed by atoms with Gasteiger partial charge in [-0.1, -0.05) is 31.5 Å². The molecular weight excluding hydrogens is 491 g/mol. The number of benzene rings is 1. The zero-order valence-electron chi connectivity index (χ0n) is 21.9. The number of hydrogen-bond donors (Lipinski definition) is 0. The zero-order valence-corrected chi connectivity index (χ0v) is 22.7. The summed E-state index contributed by atoms with van der Waals surface area (Å²) in [4.78, 5) is 25.6. The van der Waals surface area contributed by atoms with Crippen molar-refractivity contribution >= 4 is 23.5 Å². The monoisotopic (exact) mass is 528 g/mol. The Kier molecular flexibility index (Phi) is 8.18. The van der Waals surface area contributed by atoms with Crippen molar-refractivity contribution in [1.29, 1.82) is 0 Å². The van der Waals surface area contributed by atoms with Crippen LogP contribution >= 0.6 is 11.6 Å². The van der Waals surface area contributed by atoms with Crippen molar-refractivity contribution in [2.24, 2.45) is 29.6 Å². The standard InChI is InChI=1S/C29H38ClFN4O2/c1-19-11-20(2)18-35(17-19)28(36)13-23-3-4-25(14-27(23)31)37-10-7-22-12-26(22)21-5-8-34(9-6-21)29-32-15-24(30)16-33-29/h3-4,14-16,19-22,26H,5-13,17-18H2,1-2H3. The van der Waals surface area contributed by atoms with Crippen molar-refractivity contribution in [3.05, 3.63) is 47.0 Å². The largest absolute Gasteiger partial charge is 0.493 e. The molecule has 1 aromatic heterocycles. The van der Waals surface area contributed by atoms with Crippen LogP contribution in [0.2, 0.25) is 5.02 Å². The number of ether oxygens (including phenoxy) is 1. The van der Waals surface area contributed by atoms with Gasteiger partial charge in [0.05, 0.1) is 30.4 Å². The number of carbonyl (C=O) groups is 1. The van der Waals surface area contributed by atoms with Gasteiger partial charge in [0.2, 0.25) is 11.9 Å². The number of carbonyl (C=O) groups excluding carboxylic acids is 1. The fraction of sp³-hybridized carbons (Fsp3) is 0.621. The third-order valence-corrected chi connectivity index (χ3v) is 8.55. The second-order valence-corrected chi connectivity index (χ2v) is 11.9. The Hall–Kier alpha value is -2.41. The summed E-state index contributed by atoms with van der Waals surface area (Å²) in [5.41, 5.74) is 0.445. The van der Waals surface area contributed by atoms with Gasteiger partial charge >= 0.3 is 0 Å². The molecule has 200 valence electrons. The van der Waals surface area contributed by atoms with E-state index >= 15 is 0 Å². The van der Waals surface area contributed by atoms with Gasteiger partial charge in [-0.2, -0.15) is 0 Å². The molecule has 1 saturated carbocycles. The highest BCUT2D eigenvalue weighted by molar-refractivity contribution is 6.30. The van der Waals surface area contributed by atoms with E-state index in [0.29, 0.717) is 40.7 Å². The van der Waals surface area contributed by atoms with Crippen LogP contribution < -0.4 is 9.64 Å².